The lowest BCUT2D eigenvalue weighted by atomic mass is 9.85. The maximum atomic E-state index is 6.14. The molecule has 17 heavy (non-hydrogen) atoms. The Morgan fingerprint density at radius 2 is 2.12 bits per heavy atom. The Morgan fingerprint density at radius 1 is 1.41 bits per heavy atom. The van der Waals surface area contributed by atoms with E-state index in [9.17, 15) is 0 Å². The SMILES string of the molecule is CCN(CC1(C)COCC1N)c1ccccc1. The van der Waals surface area contributed by atoms with Gasteiger partial charge in [0.25, 0.3) is 0 Å². The van der Waals surface area contributed by atoms with Gasteiger partial charge in [0, 0.05) is 30.2 Å². The minimum Gasteiger partial charge on any atom is -0.379 e. The average molecular weight is 234 g/mol. The van der Waals surface area contributed by atoms with Gasteiger partial charge in [-0.2, -0.15) is 0 Å². The molecule has 94 valence electrons. The first-order valence-corrected chi connectivity index (χ1v) is 6.29. The Hall–Kier alpha value is -1.06. The summed E-state index contributed by atoms with van der Waals surface area (Å²) < 4.78 is 5.50. The minimum atomic E-state index is 0.0614. The molecule has 2 N–H and O–H groups in total. The molecule has 0 amide bonds. The van der Waals surface area contributed by atoms with Crippen LogP contribution >= 0.6 is 0 Å². The van der Waals surface area contributed by atoms with E-state index < -0.39 is 0 Å². The highest BCUT2D eigenvalue weighted by atomic mass is 16.5. The van der Waals surface area contributed by atoms with Gasteiger partial charge >= 0.3 is 0 Å². The number of para-hydroxylation sites is 1. The quantitative estimate of drug-likeness (QED) is 0.864. The van der Waals surface area contributed by atoms with E-state index in [0.29, 0.717) is 6.61 Å². The molecule has 1 aliphatic heterocycles. The summed E-state index contributed by atoms with van der Waals surface area (Å²) in [5.74, 6) is 0. The Labute approximate surface area is 104 Å². The fourth-order valence-electron chi connectivity index (χ4n) is 2.35. The third-order valence-corrected chi connectivity index (χ3v) is 3.68. The minimum absolute atomic E-state index is 0.0614. The second-order valence-corrected chi connectivity index (χ2v) is 5.13. The number of nitrogens with zero attached hydrogens (tertiary/aromatic N) is 1. The van der Waals surface area contributed by atoms with Crippen molar-refractivity contribution in [2.75, 3.05) is 31.2 Å². The van der Waals surface area contributed by atoms with Gasteiger partial charge in [0.1, 0.15) is 0 Å². The van der Waals surface area contributed by atoms with E-state index in [-0.39, 0.29) is 11.5 Å². The third kappa shape index (κ3) is 2.61. The Kier molecular flexibility index (Phi) is 3.69. The normalized spacial score (nSPS) is 28.3. The number of hydrogen-bond donors (Lipinski definition) is 1. The molecule has 0 saturated carbocycles. The van der Waals surface area contributed by atoms with E-state index in [1.165, 1.54) is 5.69 Å². The predicted molar refractivity (Wildman–Crippen MR) is 71.2 cm³/mol. The van der Waals surface area contributed by atoms with Crippen LogP contribution in [-0.4, -0.2) is 32.3 Å². The molecular formula is C14H22N2O. The molecule has 2 rings (SSSR count). The van der Waals surface area contributed by atoms with Gasteiger partial charge in [0.2, 0.25) is 0 Å². The average Bonchev–Trinajstić information content (AvgIpc) is 2.68. The van der Waals surface area contributed by atoms with Crippen molar-refractivity contribution in [3.63, 3.8) is 0 Å². The number of nitrogens with two attached hydrogens (primary N) is 1. The van der Waals surface area contributed by atoms with Crippen LogP contribution in [-0.2, 0) is 4.74 Å². The van der Waals surface area contributed by atoms with Gasteiger partial charge < -0.3 is 15.4 Å². The van der Waals surface area contributed by atoms with Gasteiger partial charge in [-0.1, -0.05) is 25.1 Å². The zero-order valence-corrected chi connectivity index (χ0v) is 10.7. The molecule has 1 fully saturated rings. The number of rotatable bonds is 4. The Morgan fingerprint density at radius 3 is 2.65 bits per heavy atom. The molecule has 0 bridgehead atoms. The fraction of sp³-hybridized carbons (Fsp3) is 0.571. The van der Waals surface area contributed by atoms with Gasteiger partial charge in [-0.3, -0.25) is 0 Å². The summed E-state index contributed by atoms with van der Waals surface area (Å²) in [5.41, 5.74) is 7.46. The topological polar surface area (TPSA) is 38.5 Å². The molecule has 0 radical (unpaired) electrons. The summed E-state index contributed by atoms with van der Waals surface area (Å²) in [7, 11) is 0. The molecular weight excluding hydrogens is 212 g/mol. The van der Waals surface area contributed by atoms with Gasteiger partial charge in [-0.15, -0.1) is 0 Å². The van der Waals surface area contributed by atoms with Gasteiger partial charge in [0.15, 0.2) is 0 Å². The van der Waals surface area contributed by atoms with Crippen molar-refractivity contribution in [2.24, 2.45) is 11.1 Å². The predicted octanol–water partition coefficient (Wildman–Crippen LogP) is 1.88. The van der Waals surface area contributed by atoms with Crippen molar-refractivity contribution in [2.45, 2.75) is 19.9 Å². The molecule has 1 heterocycles. The third-order valence-electron chi connectivity index (χ3n) is 3.68. The maximum absolute atomic E-state index is 6.14. The van der Waals surface area contributed by atoms with Crippen molar-refractivity contribution in [1.29, 1.82) is 0 Å². The van der Waals surface area contributed by atoms with E-state index >= 15 is 0 Å². The van der Waals surface area contributed by atoms with Crippen molar-refractivity contribution in [3.05, 3.63) is 30.3 Å². The van der Waals surface area contributed by atoms with Crippen LogP contribution < -0.4 is 10.6 Å². The molecule has 1 aromatic rings. The summed E-state index contributed by atoms with van der Waals surface area (Å²) in [6, 6.07) is 10.6. The van der Waals surface area contributed by atoms with Gasteiger partial charge in [-0.05, 0) is 19.1 Å². The number of ether oxygens (including phenoxy) is 1. The first kappa shape index (κ1) is 12.4. The van der Waals surface area contributed by atoms with E-state index in [1.807, 2.05) is 6.07 Å². The summed E-state index contributed by atoms with van der Waals surface area (Å²) in [5, 5.41) is 0. The first-order valence-electron chi connectivity index (χ1n) is 6.29. The van der Waals surface area contributed by atoms with E-state index in [0.717, 1.165) is 19.7 Å². The lowest BCUT2D eigenvalue weighted by Crippen LogP contribution is -2.47. The molecule has 2 unspecified atom stereocenters. The highest BCUT2D eigenvalue weighted by molar-refractivity contribution is 5.46. The summed E-state index contributed by atoms with van der Waals surface area (Å²) in [6.45, 7) is 7.79. The highest BCUT2D eigenvalue weighted by Crippen LogP contribution is 2.29. The van der Waals surface area contributed by atoms with Crippen molar-refractivity contribution in [3.8, 4) is 0 Å². The molecule has 1 aliphatic rings. The smallest absolute Gasteiger partial charge is 0.0624 e. The standard InChI is InChI=1S/C14H22N2O/c1-3-16(12-7-5-4-6-8-12)10-14(2)11-17-9-13(14)15/h4-8,13H,3,9-11,15H2,1-2H3. The van der Waals surface area contributed by atoms with Crippen LogP contribution in [0.15, 0.2) is 30.3 Å². The molecule has 0 spiro atoms. The molecule has 0 aliphatic carbocycles. The number of anilines is 1. The number of hydrogen-bond acceptors (Lipinski definition) is 3. The fourth-order valence-corrected chi connectivity index (χ4v) is 2.35. The molecule has 3 nitrogen and oxygen atoms in total. The van der Waals surface area contributed by atoms with Crippen LogP contribution in [0.2, 0.25) is 0 Å². The zero-order valence-electron chi connectivity index (χ0n) is 10.7. The zero-order chi connectivity index (χ0) is 12.3. The maximum Gasteiger partial charge on any atom is 0.0624 e. The van der Waals surface area contributed by atoms with Crippen molar-refractivity contribution in [1.82, 2.24) is 0 Å². The highest BCUT2D eigenvalue weighted by Gasteiger charge is 2.38. The summed E-state index contributed by atoms with van der Waals surface area (Å²) in [6.07, 6.45) is 0. The molecule has 0 aromatic heterocycles. The Bertz CT molecular complexity index is 354. The molecule has 1 aromatic carbocycles. The van der Waals surface area contributed by atoms with Crippen LogP contribution in [0.1, 0.15) is 13.8 Å². The summed E-state index contributed by atoms with van der Waals surface area (Å²) >= 11 is 0. The van der Waals surface area contributed by atoms with Crippen LogP contribution in [0.25, 0.3) is 0 Å². The van der Waals surface area contributed by atoms with Gasteiger partial charge in [-0.25, -0.2) is 0 Å². The summed E-state index contributed by atoms with van der Waals surface area (Å²) in [4.78, 5) is 2.37. The van der Waals surface area contributed by atoms with Crippen LogP contribution in [0.3, 0.4) is 0 Å². The van der Waals surface area contributed by atoms with Crippen LogP contribution in [0.4, 0.5) is 5.69 Å². The second-order valence-electron chi connectivity index (χ2n) is 5.13. The largest absolute Gasteiger partial charge is 0.379 e. The van der Waals surface area contributed by atoms with E-state index in [1.54, 1.807) is 0 Å². The second kappa shape index (κ2) is 5.07. The molecule has 3 heteroatoms. The van der Waals surface area contributed by atoms with Crippen LogP contribution in [0.5, 0.6) is 0 Å². The van der Waals surface area contributed by atoms with Crippen molar-refractivity contribution < 1.29 is 4.74 Å². The molecule has 2 atom stereocenters. The van der Waals surface area contributed by atoms with Crippen LogP contribution in [0, 0.1) is 5.41 Å². The first-order chi connectivity index (χ1) is 8.15. The Balaban J connectivity index is 2.10. The van der Waals surface area contributed by atoms with Crippen molar-refractivity contribution >= 4 is 5.69 Å². The lowest BCUT2D eigenvalue weighted by molar-refractivity contribution is 0.161. The van der Waals surface area contributed by atoms with E-state index in [2.05, 4.69) is 43.0 Å². The number of benzene rings is 1. The lowest BCUT2D eigenvalue weighted by Gasteiger charge is -2.35. The van der Waals surface area contributed by atoms with E-state index in [4.69, 9.17) is 10.5 Å². The van der Waals surface area contributed by atoms with Gasteiger partial charge in [0.05, 0.1) is 13.2 Å². The monoisotopic (exact) mass is 234 g/mol. The molecule has 1 saturated heterocycles.